The fraction of sp³-hybridized carbons (Fsp3) is 0.389. The highest BCUT2D eigenvalue weighted by Gasteiger charge is 2.31. The molecular weight excluding hydrogens is 602 g/mol. The van der Waals surface area contributed by atoms with Crippen molar-refractivity contribution in [3.8, 4) is 28.4 Å². The van der Waals surface area contributed by atoms with Gasteiger partial charge in [0.1, 0.15) is 12.1 Å². The normalized spacial score (nSPS) is 14.8. The van der Waals surface area contributed by atoms with Gasteiger partial charge in [-0.2, -0.15) is 0 Å². The van der Waals surface area contributed by atoms with Crippen LogP contribution in [0.2, 0.25) is 0 Å². The minimum absolute atomic E-state index is 0.173. The van der Waals surface area contributed by atoms with Gasteiger partial charge in [0.25, 0.3) is 0 Å². The van der Waals surface area contributed by atoms with E-state index in [1.54, 1.807) is 19.2 Å². The molecule has 0 radical (unpaired) electrons. The first-order valence-electron chi connectivity index (χ1n) is 15.5. The number of hydrogen-bond acceptors (Lipinski definition) is 9. The molecule has 1 aliphatic carbocycles. The summed E-state index contributed by atoms with van der Waals surface area (Å²) in [5.74, 6) is -0.205. The Morgan fingerprint density at radius 1 is 0.915 bits per heavy atom. The van der Waals surface area contributed by atoms with E-state index >= 15 is 0 Å². The molecule has 1 aliphatic rings. The molecule has 4 rings (SSSR count). The molecule has 47 heavy (non-hydrogen) atoms. The molecule has 0 aliphatic heterocycles. The minimum Gasteiger partial charge on any atom is -0.493 e. The summed E-state index contributed by atoms with van der Waals surface area (Å²) >= 11 is 0. The van der Waals surface area contributed by atoms with E-state index in [4.69, 9.17) is 18.9 Å². The van der Waals surface area contributed by atoms with Gasteiger partial charge in [0.05, 0.1) is 40.2 Å². The van der Waals surface area contributed by atoms with E-state index in [1.807, 2.05) is 50.2 Å². The van der Waals surface area contributed by atoms with Crippen LogP contribution in [0.25, 0.3) is 11.1 Å². The van der Waals surface area contributed by atoms with Crippen molar-refractivity contribution in [3.05, 3.63) is 81.5 Å². The highest BCUT2D eigenvalue weighted by Crippen LogP contribution is 2.50. The molecule has 3 N–H and O–H groups in total. The van der Waals surface area contributed by atoms with Crippen molar-refractivity contribution in [2.24, 2.45) is 5.92 Å². The van der Waals surface area contributed by atoms with Crippen LogP contribution in [-0.4, -0.2) is 58.3 Å². The topological polar surface area (TPSA) is 141 Å². The van der Waals surface area contributed by atoms with Gasteiger partial charge < -0.3 is 34.9 Å². The van der Waals surface area contributed by atoms with Gasteiger partial charge in [0.15, 0.2) is 11.5 Å². The van der Waals surface area contributed by atoms with Gasteiger partial charge in [-0.1, -0.05) is 50.2 Å². The number of rotatable bonds is 12. The lowest BCUT2D eigenvalue weighted by atomic mass is 9.95. The van der Waals surface area contributed by atoms with Crippen LogP contribution in [0.5, 0.6) is 17.2 Å². The third-order valence-corrected chi connectivity index (χ3v) is 8.26. The van der Waals surface area contributed by atoms with Crippen molar-refractivity contribution >= 4 is 23.5 Å². The third kappa shape index (κ3) is 7.85. The zero-order valence-electron chi connectivity index (χ0n) is 27.9. The molecule has 0 saturated heterocycles. The average Bonchev–Trinajstić information content (AvgIpc) is 3.30. The lowest BCUT2D eigenvalue weighted by molar-refractivity contribution is -0.145. The Labute approximate surface area is 275 Å². The number of carbonyl (C=O) groups excluding carboxylic acids is 3. The molecule has 250 valence electrons. The van der Waals surface area contributed by atoms with Crippen molar-refractivity contribution in [2.45, 2.75) is 58.2 Å². The molecule has 0 unspecified atom stereocenters. The molecule has 11 heteroatoms. The first kappa shape index (κ1) is 34.8. The number of fused-ring (bicyclic) bond motifs is 3. The third-order valence-electron chi connectivity index (χ3n) is 8.26. The van der Waals surface area contributed by atoms with Crippen molar-refractivity contribution in [2.75, 3.05) is 33.8 Å². The average molecular weight is 646 g/mol. The Bertz CT molecular complexity index is 1680. The standard InChI is InChI=1S/C36H43N3O8/c1-20(2)32(35(42)39-28(36(43)47-7)17-22-11-9-8-10-12-22)38-27-16-14-24-25(19-29(27)41)26(37-21(3)40)15-13-23-18-30(44-4)33(45-5)34(46-6)31(23)24/h8-12,14,16,18-20,26,28,32H,13,15,17H2,1-7H3,(H,37,40)(H,38,41)(H,39,42)/t26-,28-,32-/m1/s1. The molecule has 0 saturated carbocycles. The zero-order valence-corrected chi connectivity index (χ0v) is 27.9. The highest BCUT2D eigenvalue weighted by atomic mass is 16.5. The molecule has 0 bridgehead atoms. The summed E-state index contributed by atoms with van der Waals surface area (Å²) < 4.78 is 22.1. The van der Waals surface area contributed by atoms with Gasteiger partial charge in [-0.3, -0.25) is 14.4 Å². The number of ether oxygens (including phenoxy) is 4. The summed E-state index contributed by atoms with van der Waals surface area (Å²) in [7, 11) is 5.88. The van der Waals surface area contributed by atoms with Crippen LogP contribution >= 0.6 is 0 Å². The van der Waals surface area contributed by atoms with Crippen molar-refractivity contribution in [3.63, 3.8) is 0 Å². The number of nitrogens with one attached hydrogen (secondary N) is 3. The van der Waals surface area contributed by atoms with E-state index in [0.717, 1.165) is 16.7 Å². The second-order valence-corrected chi connectivity index (χ2v) is 11.7. The maximum atomic E-state index is 13.9. The fourth-order valence-corrected chi connectivity index (χ4v) is 5.98. The largest absolute Gasteiger partial charge is 0.493 e. The Kier molecular flexibility index (Phi) is 11.5. The summed E-state index contributed by atoms with van der Waals surface area (Å²) in [5.41, 5.74) is 3.53. The Morgan fingerprint density at radius 2 is 1.62 bits per heavy atom. The smallest absolute Gasteiger partial charge is 0.328 e. The predicted molar refractivity (Wildman–Crippen MR) is 179 cm³/mol. The maximum Gasteiger partial charge on any atom is 0.328 e. The van der Waals surface area contributed by atoms with Crippen LogP contribution in [0, 0.1) is 5.92 Å². The number of amides is 2. The number of anilines is 1. The number of hydrogen-bond donors (Lipinski definition) is 3. The van der Waals surface area contributed by atoms with Gasteiger partial charge in [-0.25, -0.2) is 4.79 Å². The Hall–Kier alpha value is -5.06. The Morgan fingerprint density at radius 3 is 2.21 bits per heavy atom. The molecule has 3 aromatic rings. The summed E-state index contributed by atoms with van der Waals surface area (Å²) in [6.07, 6.45) is 1.32. The monoisotopic (exact) mass is 645 g/mol. The van der Waals surface area contributed by atoms with Crippen molar-refractivity contribution in [1.29, 1.82) is 0 Å². The van der Waals surface area contributed by atoms with Crippen LogP contribution in [0.3, 0.4) is 0 Å². The molecule has 3 aromatic carbocycles. The van der Waals surface area contributed by atoms with E-state index in [1.165, 1.54) is 34.3 Å². The van der Waals surface area contributed by atoms with Gasteiger partial charge in [-0.15, -0.1) is 0 Å². The van der Waals surface area contributed by atoms with Gasteiger partial charge in [-0.05, 0) is 59.2 Å². The fourth-order valence-electron chi connectivity index (χ4n) is 5.98. The lowest BCUT2D eigenvalue weighted by Gasteiger charge is -2.25. The quantitative estimate of drug-likeness (QED) is 0.247. The SMILES string of the molecule is COC(=O)[C@@H](Cc1ccccc1)NC(=O)[C@H](Nc1ccc2c(cc1=O)[C@H](NC(C)=O)CCc1cc(OC)c(OC)c(OC)c1-2)C(C)C. The van der Waals surface area contributed by atoms with Crippen molar-refractivity contribution in [1.82, 2.24) is 10.6 Å². The molecule has 0 aromatic heterocycles. The van der Waals surface area contributed by atoms with Gasteiger partial charge in [0.2, 0.25) is 23.0 Å². The second kappa shape index (κ2) is 15.5. The number of benzene rings is 2. The van der Waals surface area contributed by atoms with Crippen LogP contribution in [-0.2, 0) is 32.0 Å². The highest BCUT2D eigenvalue weighted by molar-refractivity contribution is 5.90. The van der Waals surface area contributed by atoms with Crippen LogP contribution in [0.4, 0.5) is 5.69 Å². The summed E-state index contributed by atoms with van der Waals surface area (Å²) in [5, 5.41) is 8.95. The zero-order chi connectivity index (χ0) is 34.2. The first-order valence-corrected chi connectivity index (χ1v) is 15.5. The van der Waals surface area contributed by atoms with Gasteiger partial charge in [0, 0.05) is 18.9 Å². The molecule has 2 amide bonds. The van der Waals surface area contributed by atoms with E-state index in [0.29, 0.717) is 41.2 Å². The minimum atomic E-state index is -0.929. The molecule has 3 atom stereocenters. The number of aryl methyl sites for hydroxylation is 1. The van der Waals surface area contributed by atoms with Crippen molar-refractivity contribution < 1.29 is 33.3 Å². The second-order valence-electron chi connectivity index (χ2n) is 11.7. The van der Waals surface area contributed by atoms with Crippen LogP contribution < -0.4 is 35.6 Å². The van der Waals surface area contributed by atoms with Crippen LogP contribution in [0.15, 0.2) is 59.4 Å². The molecule has 11 nitrogen and oxygen atoms in total. The van der Waals surface area contributed by atoms with Gasteiger partial charge >= 0.3 is 5.97 Å². The first-order chi connectivity index (χ1) is 22.5. The van der Waals surface area contributed by atoms with E-state index in [-0.39, 0.29) is 29.4 Å². The predicted octanol–water partition coefficient (Wildman–Crippen LogP) is 4.20. The number of esters is 1. The lowest BCUT2D eigenvalue weighted by Crippen LogP contribution is -2.51. The Balaban J connectivity index is 1.78. The van der Waals surface area contributed by atoms with E-state index in [9.17, 15) is 19.2 Å². The molecular formula is C36H43N3O8. The molecule has 0 spiro atoms. The maximum absolute atomic E-state index is 13.9. The van der Waals surface area contributed by atoms with E-state index in [2.05, 4.69) is 16.0 Å². The molecule has 0 fully saturated rings. The van der Waals surface area contributed by atoms with E-state index < -0.39 is 30.0 Å². The summed E-state index contributed by atoms with van der Waals surface area (Å²) in [6, 6.07) is 13.8. The number of methoxy groups -OCH3 is 4. The summed E-state index contributed by atoms with van der Waals surface area (Å²) in [4.78, 5) is 52.5. The molecule has 0 heterocycles. The van der Waals surface area contributed by atoms with Crippen LogP contribution in [0.1, 0.15) is 49.9 Å². The summed E-state index contributed by atoms with van der Waals surface area (Å²) in [6.45, 7) is 5.12. The number of carbonyl (C=O) groups is 3.